The first-order valence-electron chi connectivity index (χ1n) is 6.15. The van der Waals surface area contributed by atoms with Gasteiger partial charge in [-0.1, -0.05) is 0 Å². The molecule has 17 heavy (non-hydrogen) atoms. The van der Waals surface area contributed by atoms with Crippen molar-refractivity contribution < 1.29 is 9.53 Å². The molecule has 0 saturated heterocycles. The van der Waals surface area contributed by atoms with Crippen LogP contribution in [0.1, 0.15) is 32.0 Å². The number of carbonyl (C=O) groups excluding carboxylic acids is 1. The Balaban J connectivity index is 1.71. The van der Waals surface area contributed by atoms with Gasteiger partial charge in [0.05, 0.1) is 12.5 Å². The SMILES string of the molecule is CCOC1CC(CC(=O)Cc2ncnn2C)C1. The Kier molecular flexibility index (Phi) is 3.89. The Morgan fingerprint density at radius 3 is 2.94 bits per heavy atom. The lowest BCUT2D eigenvalue weighted by molar-refractivity contribution is -0.121. The van der Waals surface area contributed by atoms with Crippen LogP contribution < -0.4 is 0 Å². The van der Waals surface area contributed by atoms with Gasteiger partial charge < -0.3 is 4.74 Å². The number of hydrogen-bond donors (Lipinski definition) is 0. The molecule has 5 heteroatoms. The van der Waals surface area contributed by atoms with Gasteiger partial charge in [0.2, 0.25) is 0 Å². The molecule has 0 radical (unpaired) electrons. The highest BCUT2D eigenvalue weighted by Gasteiger charge is 2.31. The summed E-state index contributed by atoms with van der Waals surface area (Å²) in [6.45, 7) is 2.77. The fourth-order valence-electron chi connectivity index (χ4n) is 2.26. The van der Waals surface area contributed by atoms with Crippen LogP contribution in [-0.4, -0.2) is 33.3 Å². The highest BCUT2D eigenvalue weighted by atomic mass is 16.5. The fourth-order valence-corrected chi connectivity index (χ4v) is 2.26. The summed E-state index contributed by atoms with van der Waals surface area (Å²) in [7, 11) is 1.81. The van der Waals surface area contributed by atoms with Crippen LogP contribution in [0.15, 0.2) is 6.33 Å². The summed E-state index contributed by atoms with van der Waals surface area (Å²) in [6.07, 6.45) is 4.96. The molecule has 1 aromatic rings. The molecule has 1 fully saturated rings. The molecule has 0 spiro atoms. The largest absolute Gasteiger partial charge is 0.378 e. The van der Waals surface area contributed by atoms with E-state index in [9.17, 15) is 4.79 Å². The van der Waals surface area contributed by atoms with Gasteiger partial charge in [-0.25, -0.2) is 4.98 Å². The highest BCUT2D eigenvalue weighted by molar-refractivity contribution is 5.80. The van der Waals surface area contributed by atoms with Crippen molar-refractivity contribution in [3.63, 3.8) is 0 Å². The maximum atomic E-state index is 11.8. The molecule has 0 unspecified atom stereocenters. The van der Waals surface area contributed by atoms with E-state index in [4.69, 9.17) is 4.74 Å². The lowest BCUT2D eigenvalue weighted by Crippen LogP contribution is -2.33. The molecule has 0 aliphatic heterocycles. The molecule has 0 aromatic carbocycles. The van der Waals surface area contributed by atoms with E-state index in [1.807, 2.05) is 14.0 Å². The van der Waals surface area contributed by atoms with Crippen LogP contribution in [-0.2, 0) is 23.0 Å². The van der Waals surface area contributed by atoms with Crippen molar-refractivity contribution in [3.8, 4) is 0 Å². The van der Waals surface area contributed by atoms with Crippen molar-refractivity contribution >= 4 is 5.78 Å². The Hall–Kier alpha value is -1.23. The quantitative estimate of drug-likeness (QED) is 0.744. The topological polar surface area (TPSA) is 57.0 Å². The summed E-state index contributed by atoms with van der Waals surface area (Å²) in [6, 6.07) is 0. The van der Waals surface area contributed by atoms with E-state index in [1.165, 1.54) is 6.33 Å². The summed E-state index contributed by atoms with van der Waals surface area (Å²) in [5, 5.41) is 3.95. The minimum Gasteiger partial charge on any atom is -0.378 e. The van der Waals surface area contributed by atoms with E-state index in [0.717, 1.165) is 25.3 Å². The zero-order chi connectivity index (χ0) is 12.3. The van der Waals surface area contributed by atoms with Crippen molar-refractivity contribution in [2.75, 3.05) is 6.61 Å². The number of nitrogens with zero attached hydrogens (tertiary/aromatic N) is 3. The second kappa shape index (κ2) is 5.40. The smallest absolute Gasteiger partial charge is 0.140 e. The number of ketones is 1. The van der Waals surface area contributed by atoms with Gasteiger partial charge in [-0.3, -0.25) is 9.48 Å². The van der Waals surface area contributed by atoms with Crippen molar-refractivity contribution in [2.24, 2.45) is 13.0 Å². The maximum absolute atomic E-state index is 11.8. The zero-order valence-electron chi connectivity index (χ0n) is 10.4. The molecule has 0 N–H and O–H groups in total. The average molecular weight is 237 g/mol. The monoisotopic (exact) mass is 237 g/mol. The molecule has 2 rings (SSSR count). The van der Waals surface area contributed by atoms with Gasteiger partial charge in [0.1, 0.15) is 17.9 Å². The number of aryl methyl sites for hydroxylation is 1. The van der Waals surface area contributed by atoms with Gasteiger partial charge in [-0.05, 0) is 25.7 Å². The van der Waals surface area contributed by atoms with Crippen LogP contribution in [0.2, 0.25) is 0 Å². The number of rotatable bonds is 6. The molecule has 5 nitrogen and oxygen atoms in total. The van der Waals surface area contributed by atoms with Crippen LogP contribution in [0.25, 0.3) is 0 Å². The second-order valence-corrected chi connectivity index (χ2v) is 4.63. The van der Waals surface area contributed by atoms with Crippen LogP contribution in [0.5, 0.6) is 0 Å². The van der Waals surface area contributed by atoms with E-state index in [0.29, 0.717) is 24.9 Å². The third-order valence-electron chi connectivity index (χ3n) is 3.27. The van der Waals surface area contributed by atoms with Gasteiger partial charge in [0, 0.05) is 20.1 Å². The third-order valence-corrected chi connectivity index (χ3v) is 3.27. The number of Topliss-reactive ketones (excluding diaryl/α,β-unsaturated/α-hetero) is 1. The molecule has 0 atom stereocenters. The Bertz CT molecular complexity index is 383. The van der Waals surface area contributed by atoms with Crippen LogP contribution >= 0.6 is 0 Å². The van der Waals surface area contributed by atoms with Crippen molar-refractivity contribution in [3.05, 3.63) is 12.2 Å². The van der Waals surface area contributed by atoms with E-state index >= 15 is 0 Å². The van der Waals surface area contributed by atoms with Crippen molar-refractivity contribution in [2.45, 2.75) is 38.7 Å². The summed E-state index contributed by atoms with van der Waals surface area (Å²) in [4.78, 5) is 15.9. The summed E-state index contributed by atoms with van der Waals surface area (Å²) in [5.74, 6) is 1.50. The standard InChI is InChI=1S/C12H19N3O2/c1-3-17-11-5-9(6-11)4-10(16)7-12-13-8-14-15(12)2/h8-9,11H,3-7H2,1-2H3. The van der Waals surface area contributed by atoms with Crippen molar-refractivity contribution in [1.29, 1.82) is 0 Å². The van der Waals surface area contributed by atoms with Crippen LogP contribution in [0.4, 0.5) is 0 Å². The van der Waals surface area contributed by atoms with E-state index in [-0.39, 0.29) is 5.78 Å². The Morgan fingerprint density at radius 2 is 2.35 bits per heavy atom. The molecule has 94 valence electrons. The van der Waals surface area contributed by atoms with Gasteiger partial charge in [0.25, 0.3) is 0 Å². The number of ether oxygens (including phenoxy) is 1. The Morgan fingerprint density at radius 1 is 1.59 bits per heavy atom. The zero-order valence-corrected chi connectivity index (χ0v) is 10.4. The number of aromatic nitrogens is 3. The molecular weight excluding hydrogens is 218 g/mol. The van der Waals surface area contributed by atoms with Crippen LogP contribution in [0, 0.1) is 5.92 Å². The minimum atomic E-state index is 0.251. The van der Waals surface area contributed by atoms with Gasteiger partial charge >= 0.3 is 0 Å². The number of hydrogen-bond acceptors (Lipinski definition) is 4. The average Bonchev–Trinajstić information content (AvgIpc) is 2.61. The molecule has 1 aliphatic rings. The van der Waals surface area contributed by atoms with E-state index in [2.05, 4.69) is 10.1 Å². The molecule has 1 saturated carbocycles. The Labute approximate surface area is 101 Å². The second-order valence-electron chi connectivity index (χ2n) is 4.63. The van der Waals surface area contributed by atoms with Crippen LogP contribution in [0.3, 0.4) is 0 Å². The molecular formula is C12H19N3O2. The van der Waals surface area contributed by atoms with E-state index in [1.54, 1.807) is 4.68 Å². The molecule has 0 bridgehead atoms. The fraction of sp³-hybridized carbons (Fsp3) is 0.750. The predicted molar refractivity (Wildman–Crippen MR) is 62.5 cm³/mol. The summed E-state index contributed by atoms with van der Waals surface area (Å²) >= 11 is 0. The normalized spacial score (nSPS) is 23.4. The maximum Gasteiger partial charge on any atom is 0.140 e. The first-order chi connectivity index (χ1) is 8.19. The van der Waals surface area contributed by atoms with Gasteiger partial charge in [0.15, 0.2) is 0 Å². The third kappa shape index (κ3) is 3.12. The molecule has 1 heterocycles. The molecule has 0 amide bonds. The first-order valence-corrected chi connectivity index (χ1v) is 6.15. The summed E-state index contributed by atoms with van der Waals surface area (Å²) in [5.41, 5.74) is 0. The first kappa shape index (κ1) is 12.2. The van der Waals surface area contributed by atoms with Gasteiger partial charge in [-0.15, -0.1) is 0 Å². The van der Waals surface area contributed by atoms with Gasteiger partial charge in [-0.2, -0.15) is 5.10 Å². The highest BCUT2D eigenvalue weighted by Crippen LogP contribution is 2.32. The molecule has 1 aromatic heterocycles. The summed E-state index contributed by atoms with van der Waals surface area (Å²) < 4.78 is 7.13. The lowest BCUT2D eigenvalue weighted by Gasteiger charge is -2.34. The lowest BCUT2D eigenvalue weighted by atomic mass is 9.78. The number of carbonyl (C=O) groups is 1. The molecule has 1 aliphatic carbocycles. The minimum absolute atomic E-state index is 0.251. The van der Waals surface area contributed by atoms with E-state index < -0.39 is 0 Å². The predicted octanol–water partition coefficient (Wildman–Crippen LogP) is 1.13. The van der Waals surface area contributed by atoms with Crippen molar-refractivity contribution in [1.82, 2.24) is 14.8 Å².